The molecule has 0 spiro atoms. The number of pyridine rings is 1. The van der Waals surface area contributed by atoms with Crippen LogP contribution in [0.2, 0.25) is 0 Å². The molecule has 0 radical (unpaired) electrons. The summed E-state index contributed by atoms with van der Waals surface area (Å²) in [5, 5.41) is 17.4. The SMILES string of the molecule is Cc1cc(CC2CN(C(=O)c3ccc(N(C)C)nc3)CC2O)n[nH]1. The van der Waals surface area contributed by atoms with Gasteiger partial charge in [-0.25, -0.2) is 4.98 Å². The van der Waals surface area contributed by atoms with Crippen LogP contribution in [0.1, 0.15) is 21.7 Å². The zero-order valence-electron chi connectivity index (χ0n) is 14.2. The van der Waals surface area contributed by atoms with Gasteiger partial charge in [-0.3, -0.25) is 9.89 Å². The first-order valence-corrected chi connectivity index (χ1v) is 8.05. The quantitative estimate of drug-likeness (QED) is 0.869. The van der Waals surface area contributed by atoms with E-state index in [1.165, 1.54) is 0 Å². The molecule has 1 aliphatic rings. The number of aromatic nitrogens is 3. The van der Waals surface area contributed by atoms with Crippen molar-refractivity contribution >= 4 is 11.7 Å². The number of anilines is 1. The smallest absolute Gasteiger partial charge is 0.255 e. The molecule has 2 atom stereocenters. The Morgan fingerprint density at radius 2 is 2.21 bits per heavy atom. The Morgan fingerprint density at radius 3 is 2.79 bits per heavy atom. The summed E-state index contributed by atoms with van der Waals surface area (Å²) in [4.78, 5) is 20.5. The molecule has 3 heterocycles. The number of aromatic amines is 1. The lowest BCUT2D eigenvalue weighted by atomic mass is 10.0. The van der Waals surface area contributed by atoms with E-state index in [0.29, 0.717) is 25.1 Å². The molecule has 1 saturated heterocycles. The number of hydrogen-bond acceptors (Lipinski definition) is 5. The monoisotopic (exact) mass is 329 g/mol. The largest absolute Gasteiger partial charge is 0.391 e. The summed E-state index contributed by atoms with van der Waals surface area (Å²) in [6.45, 7) is 2.82. The van der Waals surface area contributed by atoms with Gasteiger partial charge in [-0.05, 0) is 31.5 Å². The van der Waals surface area contributed by atoms with Crippen molar-refractivity contribution in [2.24, 2.45) is 5.92 Å². The van der Waals surface area contributed by atoms with Gasteiger partial charge < -0.3 is 14.9 Å². The first kappa shape index (κ1) is 16.4. The van der Waals surface area contributed by atoms with Crippen molar-refractivity contribution in [1.29, 1.82) is 0 Å². The number of rotatable bonds is 4. The van der Waals surface area contributed by atoms with E-state index in [-0.39, 0.29) is 11.8 Å². The number of aryl methyl sites for hydroxylation is 1. The summed E-state index contributed by atoms with van der Waals surface area (Å²) in [6, 6.07) is 5.58. The van der Waals surface area contributed by atoms with E-state index in [1.807, 2.05) is 38.1 Å². The van der Waals surface area contributed by atoms with Gasteiger partial charge in [0.25, 0.3) is 5.91 Å². The molecule has 2 N–H and O–H groups in total. The van der Waals surface area contributed by atoms with Gasteiger partial charge in [0.2, 0.25) is 0 Å². The van der Waals surface area contributed by atoms with Crippen LogP contribution in [0.3, 0.4) is 0 Å². The van der Waals surface area contributed by atoms with Gasteiger partial charge in [-0.15, -0.1) is 0 Å². The Kier molecular flexibility index (Phi) is 4.53. The highest BCUT2D eigenvalue weighted by Crippen LogP contribution is 2.23. The van der Waals surface area contributed by atoms with E-state index in [4.69, 9.17) is 0 Å². The van der Waals surface area contributed by atoms with Gasteiger partial charge in [-0.1, -0.05) is 0 Å². The van der Waals surface area contributed by atoms with E-state index in [9.17, 15) is 9.90 Å². The minimum absolute atomic E-state index is 0.00524. The Bertz CT molecular complexity index is 710. The highest BCUT2D eigenvalue weighted by molar-refractivity contribution is 5.94. The molecular weight excluding hydrogens is 306 g/mol. The van der Waals surface area contributed by atoms with Crippen LogP contribution in [0.15, 0.2) is 24.4 Å². The Morgan fingerprint density at radius 1 is 1.42 bits per heavy atom. The number of carbonyl (C=O) groups excluding carboxylic acids is 1. The molecule has 2 aromatic rings. The van der Waals surface area contributed by atoms with Gasteiger partial charge in [0.1, 0.15) is 5.82 Å². The molecular formula is C17H23N5O2. The predicted octanol–water partition coefficient (Wildman–Crippen LogP) is 0.855. The zero-order chi connectivity index (χ0) is 17.3. The van der Waals surface area contributed by atoms with Gasteiger partial charge in [0.05, 0.1) is 17.4 Å². The van der Waals surface area contributed by atoms with Crippen LogP contribution < -0.4 is 4.90 Å². The second-order valence-electron chi connectivity index (χ2n) is 6.58. The average Bonchev–Trinajstić information content (AvgIpc) is 3.13. The van der Waals surface area contributed by atoms with Crippen molar-refractivity contribution in [2.75, 3.05) is 32.1 Å². The summed E-state index contributed by atoms with van der Waals surface area (Å²) in [5.41, 5.74) is 2.46. The topological polar surface area (TPSA) is 85.3 Å². The van der Waals surface area contributed by atoms with Gasteiger partial charge >= 0.3 is 0 Å². The van der Waals surface area contributed by atoms with Crippen LogP contribution in [0.4, 0.5) is 5.82 Å². The molecule has 2 unspecified atom stereocenters. The predicted molar refractivity (Wildman–Crippen MR) is 91.0 cm³/mol. The lowest BCUT2D eigenvalue weighted by molar-refractivity contribution is 0.0764. The number of nitrogens with zero attached hydrogens (tertiary/aromatic N) is 4. The molecule has 24 heavy (non-hydrogen) atoms. The average molecular weight is 329 g/mol. The standard InChI is InChI=1S/C17H23N5O2/c1-11-6-14(20-19-11)7-13-9-22(10-15(13)23)17(24)12-4-5-16(18-8-12)21(2)3/h4-6,8,13,15,23H,7,9-10H2,1-3H3,(H,19,20). The first-order valence-electron chi connectivity index (χ1n) is 8.05. The van der Waals surface area contributed by atoms with E-state index < -0.39 is 6.10 Å². The molecule has 0 bridgehead atoms. The molecule has 0 saturated carbocycles. The third-order valence-corrected chi connectivity index (χ3v) is 4.38. The summed E-state index contributed by atoms with van der Waals surface area (Å²) in [7, 11) is 3.81. The number of aliphatic hydroxyl groups is 1. The van der Waals surface area contributed by atoms with Crippen molar-refractivity contribution in [2.45, 2.75) is 19.4 Å². The highest BCUT2D eigenvalue weighted by atomic mass is 16.3. The highest BCUT2D eigenvalue weighted by Gasteiger charge is 2.34. The maximum Gasteiger partial charge on any atom is 0.255 e. The fourth-order valence-electron chi connectivity index (χ4n) is 3.03. The van der Waals surface area contributed by atoms with Crippen LogP contribution in [0.25, 0.3) is 0 Å². The number of nitrogens with one attached hydrogen (secondary N) is 1. The van der Waals surface area contributed by atoms with E-state index in [1.54, 1.807) is 17.2 Å². The molecule has 1 fully saturated rings. The summed E-state index contributed by atoms with van der Waals surface area (Å²) in [6.07, 6.45) is 1.72. The van der Waals surface area contributed by atoms with Gasteiger partial charge in [-0.2, -0.15) is 5.10 Å². The number of hydrogen-bond donors (Lipinski definition) is 2. The Hall–Kier alpha value is -2.41. The second kappa shape index (κ2) is 6.60. The number of carbonyl (C=O) groups is 1. The fourth-order valence-corrected chi connectivity index (χ4v) is 3.03. The minimum Gasteiger partial charge on any atom is -0.391 e. The van der Waals surface area contributed by atoms with Gasteiger partial charge in [0.15, 0.2) is 0 Å². The summed E-state index contributed by atoms with van der Waals surface area (Å²) in [5.74, 6) is 0.720. The number of likely N-dealkylation sites (tertiary alicyclic amines) is 1. The molecule has 7 nitrogen and oxygen atoms in total. The lowest BCUT2D eigenvalue weighted by Crippen LogP contribution is -2.29. The normalized spacial score (nSPS) is 20.4. The van der Waals surface area contributed by atoms with Crippen LogP contribution in [0, 0.1) is 12.8 Å². The van der Waals surface area contributed by atoms with E-state index >= 15 is 0 Å². The molecule has 128 valence electrons. The fraction of sp³-hybridized carbons (Fsp3) is 0.471. The van der Waals surface area contributed by atoms with Crippen LogP contribution in [-0.4, -0.2) is 64.4 Å². The molecule has 2 aromatic heterocycles. The summed E-state index contributed by atoms with van der Waals surface area (Å²) >= 11 is 0. The zero-order valence-corrected chi connectivity index (χ0v) is 14.2. The number of β-amino-alcohol motifs (C(OH)–C–C–N with tert-alkyl or cyclic N) is 1. The summed E-state index contributed by atoms with van der Waals surface area (Å²) < 4.78 is 0. The van der Waals surface area contributed by atoms with Crippen LogP contribution in [0.5, 0.6) is 0 Å². The van der Waals surface area contributed by atoms with Crippen molar-refractivity contribution < 1.29 is 9.90 Å². The molecule has 1 aliphatic heterocycles. The third-order valence-electron chi connectivity index (χ3n) is 4.38. The maximum atomic E-state index is 12.6. The number of aliphatic hydroxyl groups excluding tert-OH is 1. The third kappa shape index (κ3) is 3.41. The molecule has 1 amide bonds. The molecule has 0 aliphatic carbocycles. The lowest BCUT2D eigenvalue weighted by Gasteiger charge is -2.17. The second-order valence-corrected chi connectivity index (χ2v) is 6.58. The Balaban J connectivity index is 1.66. The van der Waals surface area contributed by atoms with Crippen molar-refractivity contribution in [3.63, 3.8) is 0 Å². The van der Waals surface area contributed by atoms with Crippen molar-refractivity contribution in [3.8, 4) is 0 Å². The number of H-pyrrole nitrogens is 1. The van der Waals surface area contributed by atoms with Crippen LogP contribution in [-0.2, 0) is 6.42 Å². The molecule has 3 rings (SSSR count). The molecule has 0 aromatic carbocycles. The number of amides is 1. The maximum absolute atomic E-state index is 12.6. The van der Waals surface area contributed by atoms with Crippen molar-refractivity contribution in [3.05, 3.63) is 41.3 Å². The molecule has 7 heteroatoms. The Labute approximate surface area is 141 Å². The van der Waals surface area contributed by atoms with E-state index in [0.717, 1.165) is 17.2 Å². The van der Waals surface area contributed by atoms with Gasteiger partial charge in [0, 0.05) is 45.0 Å². The van der Waals surface area contributed by atoms with Crippen LogP contribution >= 0.6 is 0 Å². The minimum atomic E-state index is -0.528. The first-order chi connectivity index (χ1) is 11.4. The van der Waals surface area contributed by atoms with Crippen molar-refractivity contribution in [1.82, 2.24) is 20.1 Å². The van der Waals surface area contributed by atoms with E-state index in [2.05, 4.69) is 15.2 Å².